The summed E-state index contributed by atoms with van der Waals surface area (Å²) in [4.78, 5) is 14.9. The Balaban J connectivity index is 1.88. The van der Waals surface area contributed by atoms with Crippen LogP contribution in [-0.2, 0) is 17.6 Å². The molecule has 106 valence electrons. The molecule has 0 spiro atoms. The summed E-state index contributed by atoms with van der Waals surface area (Å²) in [6, 6.07) is 5.99. The van der Waals surface area contributed by atoms with E-state index in [1.165, 1.54) is 16.9 Å². The van der Waals surface area contributed by atoms with Gasteiger partial charge in [-0.3, -0.25) is 4.79 Å². The second-order valence-corrected chi connectivity index (χ2v) is 5.54. The summed E-state index contributed by atoms with van der Waals surface area (Å²) in [5.41, 5.74) is 2.97. The maximum Gasteiger partial charge on any atom is 0.309 e. The monoisotopic (exact) mass is 291 g/mol. The first kappa shape index (κ1) is 14.5. The van der Waals surface area contributed by atoms with Gasteiger partial charge in [0.1, 0.15) is 5.75 Å². The van der Waals surface area contributed by atoms with E-state index in [0.29, 0.717) is 18.7 Å². The van der Waals surface area contributed by atoms with E-state index in [0.717, 1.165) is 16.3 Å². The molecule has 0 amide bonds. The molecule has 0 aliphatic rings. The van der Waals surface area contributed by atoms with Crippen LogP contribution in [0.2, 0.25) is 0 Å². The topological polar surface area (TPSA) is 59.4 Å². The van der Waals surface area contributed by atoms with E-state index < -0.39 is 5.97 Å². The Bertz CT molecular complexity index is 607. The lowest BCUT2D eigenvalue weighted by Crippen LogP contribution is -2.04. The van der Waals surface area contributed by atoms with E-state index in [1.807, 2.05) is 19.1 Å². The predicted octanol–water partition coefficient (Wildman–Crippen LogP) is 3.01. The number of aromatic nitrogens is 1. The van der Waals surface area contributed by atoms with E-state index in [9.17, 15) is 4.79 Å². The van der Waals surface area contributed by atoms with Gasteiger partial charge < -0.3 is 9.84 Å². The molecular weight excluding hydrogens is 274 g/mol. The minimum Gasteiger partial charge on any atom is -0.493 e. The van der Waals surface area contributed by atoms with Crippen molar-refractivity contribution in [3.63, 3.8) is 0 Å². The van der Waals surface area contributed by atoms with Crippen LogP contribution in [0.15, 0.2) is 23.6 Å². The summed E-state index contributed by atoms with van der Waals surface area (Å²) in [7, 11) is 0. The Morgan fingerprint density at radius 2 is 2.20 bits per heavy atom. The van der Waals surface area contributed by atoms with Crippen LogP contribution in [0.5, 0.6) is 5.75 Å². The average molecular weight is 291 g/mol. The summed E-state index contributed by atoms with van der Waals surface area (Å²) in [6.45, 7) is 4.64. The van der Waals surface area contributed by atoms with Crippen LogP contribution in [-0.4, -0.2) is 22.7 Å². The molecule has 0 bridgehead atoms. The van der Waals surface area contributed by atoms with Crippen molar-refractivity contribution in [2.75, 3.05) is 6.61 Å². The zero-order valence-electron chi connectivity index (χ0n) is 11.5. The van der Waals surface area contributed by atoms with Crippen molar-refractivity contribution in [3.8, 4) is 5.75 Å². The first-order chi connectivity index (χ1) is 9.56. The van der Waals surface area contributed by atoms with Crippen LogP contribution >= 0.6 is 11.3 Å². The number of hydrogen-bond donors (Lipinski definition) is 1. The van der Waals surface area contributed by atoms with Crippen LogP contribution in [0.25, 0.3) is 0 Å². The summed E-state index contributed by atoms with van der Waals surface area (Å²) < 4.78 is 5.76. The van der Waals surface area contributed by atoms with Gasteiger partial charge in [0.25, 0.3) is 0 Å². The number of carbonyl (C=O) groups is 1. The third-order valence-corrected chi connectivity index (χ3v) is 4.02. The van der Waals surface area contributed by atoms with Gasteiger partial charge in [0.15, 0.2) is 0 Å². The molecule has 20 heavy (non-hydrogen) atoms. The number of ether oxygens (including phenoxy) is 1. The Hall–Kier alpha value is -1.88. The van der Waals surface area contributed by atoms with Crippen molar-refractivity contribution in [2.24, 2.45) is 0 Å². The molecule has 4 nitrogen and oxygen atoms in total. The largest absolute Gasteiger partial charge is 0.493 e. The number of aryl methyl sites for hydroxylation is 1. The Morgan fingerprint density at radius 1 is 1.40 bits per heavy atom. The molecule has 0 aliphatic heterocycles. The van der Waals surface area contributed by atoms with Gasteiger partial charge in [-0.25, -0.2) is 4.98 Å². The fourth-order valence-corrected chi connectivity index (χ4v) is 2.61. The molecule has 1 aromatic carbocycles. The van der Waals surface area contributed by atoms with Gasteiger partial charge in [-0.1, -0.05) is 12.1 Å². The molecule has 1 aromatic heterocycles. The van der Waals surface area contributed by atoms with Crippen molar-refractivity contribution in [2.45, 2.75) is 26.7 Å². The van der Waals surface area contributed by atoms with Crippen LogP contribution in [0.3, 0.4) is 0 Å². The van der Waals surface area contributed by atoms with Crippen LogP contribution in [0.4, 0.5) is 0 Å². The van der Waals surface area contributed by atoms with Gasteiger partial charge >= 0.3 is 5.97 Å². The molecule has 0 saturated carbocycles. The first-order valence-corrected chi connectivity index (χ1v) is 7.28. The van der Waals surface area contributed by atoms with Gasteiger partial charge in [0.05, 0.1) is 23.7 Å². The fraction of sp³-hybridized carbons (Fsp3) is 0.333. The zero-order valence-corrected chi connectivity index (χ0v) is 12.4. The second kappa shape index (κ2) is 6.52. The molecule has 0 unspecified atom stereocenters. The minimum atomic E-state index is -0.853. The number of hydrogen-bond acceptors (Lipinski definition) is 4. The van der Waals surface area contributed by atoms with Crippen LogP contribution < -0.4 is 4.74 Å². The Labute approximate surface area is 122 Å². The molecule has 0 aliphatic carbocycles. The van der Waals surface area contributed by atoms with Crippen LogP contribution in [0.1, 0.15) is 21.8 Å². The number of benzene rings is 1. The fourth-order valence-electron chi connectivity index (χ4n) is 1.83. The van der Waals surface area contributed by atoms with Gasteiger partial charge in [-0.15, -0.1) is 11.3 Å². The Morgan fingerprint density at radius 3 is 2.95 bits per heavy atom. The second-order valence-electron chi connectivity index (χ2n) is 4.60. The number of carboxylic acids is 1. The molecule has 0 radical (unpaired) electrons. The average Bonchev–Trinajstić information content (AvgIpc) is 2.81. The maximum absolute atomic E-state index is 10.6. The lowest BCUT2D eigenvalue weighted by Gasteiger charge is -2.09. The number of carboxylic acid groups (broad SMARTS) is 1. The van der Waals surface area contributed by atoms with Gasteiger partial charge in [0, 0.05) is 11.8 Å². The summed E-state index contributed by atoms with van der Waals surface area (Å²) in [5.74, 6) is 0.0424. The molecule has 2 rings (SSSR count). The zero-order chi connectivity index (χ0) is 14.5. The lowest BCUT2D eigenvalue weighted by molar-refractivity contribution is -0.136. The summed E-state index contributed by atoms with van der Waals surface area (Å²) >= 11 is 1.48. The van der Waals surface area contributed by atoms with Crippen molar-refractivity contribution in [1.29, 1.82) is 0 Å². The van der Waals surface area contributed by atoms with Crippen molar-refractivity contribution >= 4 is 17.3 Å². The number of thiazole rings is 1. The van der Waals surface area contributed by atoms with E-state index in [4.69, 9.17) is 9.84 Å². The number of rotatable bonds is 6. The standard InChI is InChI=1S/C15H17NO3S/c1-10-4-3-5-13(11(10)2)19-7-6-14-16-12(9-20-14)8-15(17)18/h3-5,9H,6-8H2,1-2H3,(H,17,18). The number of nitrogens with zero attached hydrogens (tertiary/aromatic N) is 1. The molecule has 1 heterocycles. The predicted molar refractivity (Wildman–Crippen MR) is 78.6 cm³/mol. The van der Waals surface area contributed by atoms with Gasteiger partial charge in [0.2, 0.25) is 0 Å². The molecule has 0 atom stereocenters. The third kappa shape index (κ3) is 3.81. The van der Waals surface area contributed by atoms with Crippen molar-refractivity contribution < 1.29 is 14.6 Å². The Kier molecular flexibility index (Phi) is 4.74. The van der Waals surface area contributed by atoms with Gasteiger partial charge in [-0.05, 0) is 31.0 Å². The molecular formula is C15H17NO3S. The quantitative estimate of drug-likeness (QED) is 0.888. The SMILES string of the molecule is Cc1cccc(OCCc2nc(CC(=O)O)cs2)c1C. The molecule has 1 N–H and O–H groups in total. The summed E-state index contributed by atoms with van der Waals surface area (Å²) in [6.07, 6.45) is 0.673. The van der Waals surface area contributed by atoms with Gasteiger partial charge in [-0.2, -0.15) is 0 Å². The number of aliphatic carboxylic acids is 1. The highest BCUT2D eigenvalue weighted by molar-refractivity contribution is 7.09. The van der Waals surface area contributed by atoms with E-state index in [-0.39, 0.29) is 6.42 Å². The highest BCUT2D eigenvalue weighted by Gasteiger charge is 2.07. The summed E-state index contributed by atoms with van der Waals surface area (Å²) in [5, 5.41) is 11.4. The highest BCUT2D eigenvalue weighted by Crippen LogP contribution is 2.21. The first-order valence-electron chi connectivity index (χ1n) is 6.40. The molecule has 0 fully saturated rings. The third-order valence-electron chi connectivity index (χ3n) is 3.06. The maximum atomic E-state index is 10.6. The van der Waals surface area contributed by atoms with E-state index in [2.05, 4.69) is 18.0 Å². The molecule has 5 heteroatoms. The highest BCUT2D eigenvalue weighted by atomic mass is 32.1. The smallest absolute Gasteiger partial charge is 0.309 e. The van der Waals surface area contributed by atoms with E-state index >= 15 is 0 Å². The molecule has 0 saturated heterocycles. The van der Waals surface area contributed by atoms with Crippen molar-refractivity contribution in [1.82, 2.24) is 4.98 Å². The molecule has 2 aromatic rings. The van der Waals surface area contributed by atoms with E-state index in [1.54, 1.807) is 5.38 Å². The minimum absolute atomic E-state index is 0.0195. The normalized spacial score (nSPS) is 10.5. The van der Waals surface area contributed by atoms with Crippen LogP contribution in [0, 0.1) is 13.8 Å². The van der Waals surface area contributed by atoms with Crippen molar-refractivity contribution in [3.05, 3.63) is 45.4 Å². The lowest BCUT2D eigenvalue weighted by atomic mass is 10.1.